The third-order valence-corrected chi connectivity index (χ3v) is 8.62. The molecule has 0 amide bonds. The fourth-order valence-electron chi connectivity index (χ4n) is 5.55. The monoisotopic (exact) mass is 681 g/mol. The number of likely N-dealkylation sites (N-methyl/N-ethyl adjacent to an activating group) is 1. The molecule has 0 bridgehead atoms. The second-order valence-corrected chi connectivity index (χ2v) is 14.2. The summed E-state index contributed by atoms with van der Waals surface area (Å²) < 4.78 is 17.1. The van der Waals surface area contributed by atoms with Crippen molar-refractivity contribution in [2.75, 3.05) is 41.0 Å². The first-order valence-electron chi connectivity index (χ1n) is 19.4. The fraction of sp³-hybridized carbons (Fsp3) is 0.825. The van der Waals surface area contributed by atoms with Gasteiger partial charge in [0, 0.05) is 19.3 Å². The van der Waals surface area contributed by atoms with Crippen molar-refractivity contribution < 1.29 is 38.2 Å². The molecule has 1 N–H and O–H groups in total. The number of rotatable bonds is 34. The van der Waals surface area contributed by atoms with Gasteiger partial charge in [-0.15, -0.1) is 0 Å². The van der Waals surface area contributed by atoms with Crippen LogP contribution < -0.4 is 0 Å². The van der Waals surface area contributed by atoms with Crippen LogP contribution in [-0.4, -0.2) is 80.6 Å². The molecule has 0 saturated carbocycles. The van der Waals surface area contributed by atoms with Crippen molar-refractivity contribution in [3.8, 4) is 0 Å². The highest BCUT2D eigenvalue weighted by molar-refractivity contribution is 5.72. The minimum absolute atomic E-state index is 0.0418. The Balaban J connectivity index is 4.50. The molecule has 2 atom stereocenters. The average molecular weight is 681 g/mol. The lowest BCUT2D eigenvalue weighted by molar-refractivity contribution is -0.887. The van der Waals surface area contributed by atoms with E-state index in [-0.39, 0.29) is 42.7 Å². The molecule has 0 saturated heterocycles. The number of hydrogen-bond donors (Lipinski definition) is 1. The highest BCUT2D eigenvalue weighted by atomic mass is 16.6. The van der Waals surface area contributed by atoms with Gasteiger partial charge in [-0.3, -0.25) is 9.59 Å². The summed E-state index contributed by atoms with van der Waals surface area (Å²) in [5.74, 6) is -1.55. The van der Waals surface area contributed by atoms with Crippen LogP contribution in [0.3, 0.4) is 0 Å². The van der Waals surface area contributed by atoms with E-state index in [1.165, 1.54) is 89.9 Å². The van der Waals surface area contributed by atoms with Crippen molar-refractivity contribution in [2.45, 2.75) is 174 Å². The second kappa shape index (κ2) is 32.0. The molecule has 2 unspecified atom stereocenters. The number of aliphatic carboxylic acids is 1. The molecule has 0 fully saturated rings. The zero-order chi connectivity index (χ0) is 35.7. The van der Waals surface area contributed by atoms with E-state index in [0.29, 0.717) is 19.3 Å². The van der Waals surface area contributed by atoms with Gasteiger partial charge in [0.1, 0.15) is 6.61 Å². The van der Waals surface area contributed by atoms with Gasteiger partial charge in [0.05, 0.1) is 34.4 Å². The minimum atomic E-state index is -0.883. The Morgan fingerprint density at radius 1 is 0.625 bits per heavy atom. The van der Waals surface area contributed by atoms with Crippen LogP contribution in [0.15, 0.2) is 24.3 Å². The first kappa shape index (κ1) is 45.8. The average Bonchev–Trinajstić information content (AvgIpc) is 3.03. The molecule has 0 aromatic carbocycles. The van der Waals surface area contributed by atoms with Crippen molar-refractivity contribution in [1.29, 1.82) is 0 Å². The van der Waals surface area contributed by atoms with Crippen LogP contribution in [-0.2, 0) is 28.6 Å². The lowest BCUT2D eigenvalue weighted by Gasteiger charge is -2.31. The summed E-state index contributed by atoms with van der Waals surface area (Å²) in [7, 11) is 5.50. The largest absolute Gasteiger partial charge is 0.477 e. The number of nitrogens with zero attached hydrogens (tertiary/aromatic N) is 1. The zero-order valence-electron chi connectivity index (χ0n) is 31.7. The van der Waals surface area contributed by atoms with Crippen molar-refractivity contribution in [3.63, 3.8) is 0 Å². The third kappa shape index (κ3) is 29.9. The molecule has 280 valence electrons. The first-order valence-corrected chi connectivity index (χ1v) is 19.4. The Hall–Kier alpha value is -2.19. The van der Waals surface area contributed by atoms with Crippen LogP contribution in [0.4, 0.5) is 0 Å². The normalized spacial score (nSPS) is 13.3. The summed E-state index contributed by atoms with van der Waals surface area (Å²) in [6.07, 6.45) is 32.3. The number of carboxylic acids is 1. The van der Waals surface area contributed by atoms with Gasteiger partial charge in [-0.05, 0) is 32.1 Å². The van der Waals surface area contributed by atoms with E-state index < -0.39 is 18.1 Å². The number of quaternary nitrogens is 1. The summed E-state index contributed by atoms with van der Waals surface area (Å²) in [5, 5.41) is 9.57. The van der Waals surface area contributed by atoms with Crippen LogP contribution >= 0.6 is 0 Å². The quantitative estimate of drug-likeness (QED) is 0.0313. The predicted octanol–water partition coefficient (Wildman–Crippen LogP) is 9.74. The summed E-state index contributed by atoms with van der Waals surface area (Å²) in [6, 6.07) is -0.619. The molecule has 8 heteroatoms. The summed E-state index contributed by atoms with van der Waals surface area (Å²) in [6.45, 7) is 4.65. The van der Waals surface area contributed by atoms with Gasteiger partial charge in [-0.2, -0.15) is 0 Å². The summed E-state index contributed by atoms with van der Waals surface area (Å²) in [5.41, 5.74) is 0. The molecule has 0 aromatic rings. The standard InChI is InChI=1S/C40H73NO7/c1-6-8-10-12-14-16-18-19-21-23-25-27-29-31-39(43)48-36(34-46-33-32-37(40(44)45)41(3,4)5)35-47-38(42)30-28-26-24-22-20-17-15-13-11-9-7-2/h19,21,25,27,36-37H,6-18,20,22-24,26,28-35H2,1-5H3/p+1/b21-19+,27-25+. The van der Waals surface area contributed by atoms with Gasteiger partial charge in [-0.25, -0.2) is 4.79 Å². The Bertz CT molecular complexity index is 849. The predicted molar refractivity (Wildman–Crippen MR) is 197 cm³/mol. The van der Waals surface area contributed by atoms with Crippen molar-refractivity contribution in [1.82, 2.24) is 0 Å². The molecule has 0 rings (SSSR count). The molecule has 8 nitrogen and oxygen atoms in total. The Labute approximate surface area is 294 Å². The van der Waals surface area contributed by atoms with E-state index in [1.807, 2.05) is 27.2 Å². The molecule has 0 aliphatic carbocycles. The topological polar surface area (TPSA) is 99.1 Å². The number of unbranched alkanes of at least 4 members (excludes halogenated alkanes) is 16. The first-order chi connectivity index (χ1) is 23.1. The number of carbonyl (C=O) groups excluding carboxylic acids is 2. The smallest absolute Gasteiger partial charge is 0.362 e. The molecule has 48 heavy (non-hydrogen) atoms. The van der Waals surface area contributed by atoms with E-state index in [4.69, 9.17) is 14.2 Å². The van der Waals surface area contributed by atoms with E-state index >= 15 is 0 Å². The highest BCUT2D eigenvalue weighted by Gasteiger charge is 2.31. The van der Waals surface area contributed by atoms with Crippen LogP contribution in [0.2, 0.25) is 0 Å². The number of carboxylic acid groups (broad SMARTS) is 1. The molecule has 0 aliphatic rings. The molecule has 0 heterocycles. The number of hydrogen-bond acceptors (Lipinski definition) is 6. The minimum Gasteiger partial charge on any atom is -0.477 e. The van der Waals surface area contributed by atoms with Gasteiger partial charge in [0.25, 0.3) is 0 Å². The summed E-state index contributed by atoms with van der Waals surface area (Å²) in [4.78, 5) is 36.7. The molecule has 0 radical (unpaired) electrons. The zero-order valence-corrected chi connectivity index (χ0v) is 31.7. The van der Waals surface area contributed by atoms with E-state index in [2.05, 4.69) is 32.1 Å². The van der Waals surface area contributed by atoms with Gasteiger partial charge in [0.2, 0.25) is 0 Å². The molecule has 0 aromatic heterocycles. The maximum Gasteiger partial charge on any atom is 0.362 e. The van der Waals surface area contributed by atoms with E-state index in [9.17, 15) is 19.5 Å². The molecule has 0 aliphatic heterocycles. The van der Waals surface area contributed by atoms with Gasteiger partial charge in [0.15, 0.2) is 12.1 Å². The maximum absolute atomic E-state index is 12.6. The van der Waals surface area contributed by atoms with Crippen LogP contribution in [0.1, 0.15) is 162 Å². The molecule has 0 spiro atoms. The van der Waals surface area contributed by atoms with Crippen LogP contribution in [0.5, 0.6) is 0 Å². The summed E-state index contributed by atoms with van der Waals surface area (Å²) >= 11 is 0. The number of esters is 2. The Morgan fingerprint density at radius 2 is 1.15 bits per heavy atom. The fourth-order valence-corrected chi connectivity index (χ4v) is 5.55. The Morgan fingerprint density at radius 3 is 1.69 bits per heavy atom. The molecular formula is C40H74NO7+. The van der Waals surface area contributed by atoms with E-state index in [1.54, 1.807) is 0 Å². The van der Waals surface area contributed by atoms with Gasteiger partial charge < -0.3 is 23.8 Å². The van der Waals surface area contributed by atoms with Crippen molar-refractivity contribution >= 4 is 17.9 Å². The Kier molecular flexibility index (Phi) is 30.6. The lowest BCUT2D eigenvalue weighted by atomic mass is 10.1. The number of ether oxygens (including phenoxy) is 3. The second-order valence-electron chi connectivity index (χ2n) is 14.2. The van der Waals surface area contributed by atoms with Crippen molar-refractivity contribution in [2.24, 2.45) is 0 Å². The van der Waals surface area contributed by atoms with Gasteiger partial charge >= 0.3 is 17.9 Å². The van der Waals surface area contributed by atoms with Gasteiger partial charge in [-0.1, -0.05) is 134 Å². The molecular weight excluding hydrogens is 606 g/mol. The lowest BCUT2D eigenvalue weighted by Crippen LogP contribution is -2.50. The maximum atomic E-state index is 12.6. The van der Waals surface area contributed by atoms with Crippen molar-refractivity contribution in [3.05, 3.63) is 24.3 Å². The number of carbonyl (C=O) groups is 3. The van der Waals surface area contributed by atoms with E-state index in [0.717, 1.165) is 32.1 Å². The SMILES string of the molecule is CCCCCCCC/C=C/C/C=C/CCC(=O)OC(COCCC(C(=O)O)[N+](C)(C)C)COC(=O)CCCCCCCCCCCCC. The van der Waals surface area contributed by atoms with Crippen LogP contribution in [0.25, 0.3) is 0 Å². The van der Waals surface area contributed by atoms with Crippen LogP contribution in [0, 0.1) is 0 Å². The third-order valence-electron chi connectivity index (χ3n) is 8.62. The highest BCUT2D eigenvalue weighted by Crippen LogP contribution is 2.13. The number of allylic oxidation sites excluding steroid dienone is 4.